The van der Waals surface area contributed by atoms with Gasteiger partial charge in [0.05, 0.1) is 12.2 Å². The first-order valence-corrected chi connectivity index (χ1v) is 4.50. The van der Waals surface area contributed by atoms with Crippen molar-refractivity contribution < 1.29 is 14.6 Å². The van der Waals surface area contributed by atoms with Crippen LogP contribution in [-0.2, 0) is 9.47 Å². The summed E-state index contributed by atoms with van der Waals surface area (Å²) in [6, 6.07) is 0. The van der Waals surface area contributed by atoms with Gasteiger partial charge in [0.15, 0.2) is 5.79 Å². The van der Waals surface area contributed by atoms with Crippen LogP contribution in [0.3, 0.4) is 0 Å². The predicted molar refractivity (Wildman–Crippen MR) is 45.8 cm³/mol. The lowest BCUT2D eigenvalue weighted by molar-refractivity contribution is -0.154. The molecule has 0 unspecified atom stereocenters. The highest BCUT2D eigenvalue weighted by molar-refractivity contribution is 4.82. The van der Waals surface area contributed by atoms with Crippen molar-refractivity contribution in [3.63, 3.8) is 0 Å². The molecule has 0 spiro atoms. The average molecular weight is 174 g/mol. The van der Waals surface area contributed by atoms with Crippen LogP contribution < -0.4 is 0 Å². The van der Waals surface area contributed by atoms with Gasteiger partial charge in [-0.3, -0.25) is 0 Å². The van der Waals surface area contributed by atoms with Crippen molar-refractivity contribution in [3.05, 3.63) is 0 Å². The van der Waals surface area contributed by atoms with Crippen LogP contribution in [-0.4, -0.2) is 29.2 Å². The highest BCUT2D eigenvalue weighted by Crippen LogP contribution is 2.30. The van der Waals surface area contributed by atoms with E-state index >= 15 is 0 Å². The van der Waals surface area contributed by atoms with Crippen LogP contribution in [0.15, 0.2) is 0 Å². The van der Waals surface area contributed by atoms with E-state index in [2.05, 4.69) is 0 Å². The second-order valence-corrected chi connectivity index (χ2v) is 3.78. The van der Waals surface area contributed by atoms with Gasteiger partial charge in [-0.1, -0.05) is 6.92 Å². The zero-order chi connectivity index (χ0) is 9.35. The average Bonchev–Trinajstić information content (AvgIpc) is 2.23. The fourth-order valence-corrected chi connectivity index (χ4v) is 1.59. The van der Waals surface area contributed by atoms with Crippen LogP contribution in [0.5, 0.6) is 0 Å². The number of aliphatic hydroxyl groups excluding tert-OH is 1. The Morgan fingerprint density at radius 1 is 1.42 bits per heavy atom. The van der Waals surface area contributed by atoms with E-state index in [-0.39, 0.29) is 12.2 Å². The molecule has 0 radical (unpaired) electrons. The predicted octanol–water partition coefficient (Wildman–Crippen LogP) is 1.30. The van der Waals surface area contributed by atoms with Gasteiger partial charge in [-0.15, -0.1) is 0 Å². The first kappa shape index (κ1) is 9.96. The Morgan fingerprint density at radius 3 is 2.33 bits per heavy atom. The maximum atomic E-state index is 9.56. The summed E-state index contributed by atoms with van der Waals surface area (Å²) in [7, 11) is 0. The van der Waals surface area contributed by atoms with E-state index < -0.39 is 11.9 Å². The molecule has 3 nitrogen and oxygen atoms in total. The number of aliphatic hydroxyl groups is 1. The Kier molecular flexibility index (Phi) is 2.76. The molecular weight excluding hydrogens is 156 g/mol. The summed E-state index contributed by atoms with van der Waals surface area (Å²) in [5.41, 5.74) is 0. The van der Waals surface area contributed by atoms with Crippen molar-refractivity contribution in [1.82, 2.24) is 0 Å². The number of hydrogen-bond acceptors (Lipinski definition) is 3. The molecule has 0 bridgehead atoms. The molecule has 1 heterocycles. The van der Waals surface area contributed by atoms with E-state index in [4.69, 9.17) is 9.47 Å². The van der Waals surface area contributed by atoms with Gasteiger partial charge in [0.25, 0.3) is 0 Å². The molecule has 1 rings (SSSR count). The van der Waals surface area contributed by atoms with Gasteiger partial charge in [0.1, 0.15) is 6.10 Å². The summed E-state index contributed by atoms with van der Waals surface area (Å²) in [5, 5.41) is 9.56. The highest BCUT2D eigenvalue weighted by Gasteiger charge is 2.41. The minimum Gasteiger partial charge on any atom is -0.390 e. The lowest BCUT2D eigenvalue weighted by atomic mass is 10.1. The third-order valence-corrected chi connectivity index (χ3v) is 2.15. The molecule has 3 heteroatoms. The number of hydrogen-bond donors (Lipinski definition) is 1. The fourth-order valence-electron chi connectivity index (χ4n) is 1.59. The van der Waals surface area contributed by atoms with Gasteiger partial charge in [0.2, 0.25) is 0 Å². The number of ether oxygens (including phenoxy) is 2. The van der Waals surface area contributed by atoms with Gasteiger partial charge >= 0.3 is 0 Å². The van der Waals surface area contributed by atoms with E-state index in [1.54, 1.807) is 0 Å². The van der Waals surface area contributed by atoms with Gasteiger partial charge in [-0.25, -0.2) is 0 Å². The molecular formula is C9H18O3. The van der Waals surface area contributed by atoms with Crippen molar-refractivity contribution in [2.24, 2.45) is 0 Å². The smallest absolute Gasteiger partial charge is 0.163 e. The van der Waals surface area contributed by atoms with Gasteiger partial charge in [0, 0.05) is 0 Å². The third kappa shape index (κ3) is 1.97. The molecule has 0 aromatic heterocycles. The van der Waals surface area contributed by atoms with E-state index in [1.165, 1.54) is 0 Å². The van der Waals surface area contributed by atoms with Crippen molar-refractivity contribution in [2.45, 2.75) is 58.2 Å². The molecule has 1 aliphatic rings. The molecule has 12 heavy (non-hydrogen) atoms. The van der Waals surface area contributed by atoms with Gasteiger partial charge in [-0.05, 0) is 27.2 Å². The quantitative estimate of drug-likeness (QED) is 0.685. The molecule has 0 aliphatic carbocycles. The van der Waals surface area contributed by atoms with Crippen LogP contribution in [0.2, 0.25) is 0 Å². The molecule has 1 N–H and O–H groups in total. The summed E-state index contributed by atoms with van der Waals surface area (Å²) in [6.45, 7) is 7.60. The molecule has 1 fully saturated rings. The second-order valence-electron chi connectivity index (χ2n) is 3.78. The Balaban J connectivity index is 2.57. The summed E-state index contributed by atoms with van der Waals surface area (Å²) in [6.07, 6.45) is 0.0933. The maximum Gasteiger partial charge on any atom is 0.163 e. The van der Waals surface area contributed by atoms with Crippen molar-refractivity contribution in [1.29, 1.82) is 0 Å². The van der Waals surface area contributed by atoms with Crippen molar-refractivity contribution in [3.8, 4) is 0 Å². The SMILES string of the molecule is CC[C@H](O)[C@H]1OC(C)(C)O[C@@H]1C. The topological polar surface area (TPSA) is 38.7 Å². The lowest BCUT2D eigenvalue weighted by Gasteiger charge is -2.19. The van der Waals surface area contributed by atoms with Gasteiger partial charge < -0.3 is 14.6 Å². The number of rotatable bonds is 2. The summed E-state index contributed by atoms with van der Waals surface area (Å²) < 4.78 is 11.0. The van der Waals surface area contributed by atoms with Crippen LogP contribution in [0.4, 0.5) is 0 Å². The van der Waals surface area contributed by atoms with Crippen LogP contribution in [0.25, 0.3) is 0 Å². The van der Waals surface area contributed by atoms with Crippen LogP contribution in [0.1, 0.15) is 34.1 Å². The Bertz CT molecular complexity index is 156. The Hall–Kier alpha value is -0.120. The molecule has 1 saturated heterocycles. The normalized spacial score (nSPS) is 36.8. The van der Waals surface area contributed by atoms with E-state index in [0.29, 0.717) is 6.42 Å². The van der Waals surface area contributed by atoms with E-state index in [9.17, 15) is 5.11 Å². The molecule has 72 valence electrons. The highest BCUT2D eigenvalue weighted by atomic mass is 16.8. The van der Waals surface area contributed by atoms with Crippen molar-refractivity contribution in [2.75, 3.05) is 0 Å². The van der Waals surface area contributed by atoms with Gasteiger partial charge in [-0.2, -0.15) is 0 Å². The minimum absolute atomic E-state index is 0.0186. The molecule has 0 amide bonds. The Labute approximate surface area is 73.7 Å². The van der Waals surface area contributed by atoms with Crippen molar-refractivity contribution >= 4 is 0 Å². The minimum atomic E-state index is -0.541. The van der Waals surface area contributed by atoms with E-state index in [0.717, 1.165) is 0 Å². The monoisotopic (exact) mass is 174 g/mol. The molecule has 0 aromatic carbocycles. The Morgan fingerprint density at radius 2 is 2.00 bits per heavy atom. The first-order chi connectivity index (χ1) is 5.46. The van der Waals surface area contributed by atoms with E-state index in [1.807, 2.05) is 27.7 Å². The van der Waals surface area contributed by atoms with Crippen LogP contribution >= 0.6 is 0 Å². The zero-order valence-electron chi connectivity index (χ0n) is 8.20. The molecule has 0 saturated carbocycles. The van der Waals surface area contributed by atoms with Crippen LogP contribution in [0, 0.1) is 0 Å². The third-order valence-electron chi connectivity index (χ3n) is 2.15. The molecule has 1 aliphatic heterocycles. The largest absolute Gasteiger partial charge is 0.390 e. The summed E-state index contributed by atoms with van der Waals surface area (Å²) in [4.78, 5) is 0. The molecule has 3 atom stereocenters. The second kappa shape index (κ2) is 3.32. The first-order valence-electron chi connectivity index (χ1n) is 4.50. The lowest BCUT2D eigenvalue weighted by Crippen LogP contribution is -2.33. The zero-order valence-corrected chi connectivity index (χ0v) is 8.20. The molecule has 0 aromatic rings. The standard InChI is InChI=1S/C9H18O3/c1-5-7(10)8-6(2)11-9(3,4)12-8/h6-8,10H,5H2,1-4H3/t6-,7+,8+/m1/s1. The summed E-state index contributed by atoms with van der Waals surface area (Å²) in [5.74, 6) is -0.541. The maximum absolute atomic E-state index is 9.56. The fraction of sp³-hybridized carbons (Fsp3) is 1.00. The summed E-state index contributed by atoms with van der Waals surface area (Å²) >= 11 is 0.